The molecule has 4 aromatic carbocycles. The van der Waals surface area contributed by atoms with Crippen molar-refractivity contribution in [1.82, 2.24) is 0 Å². The number of hydrogen-bond donors (Lipinski definition) is 0. The monoisotopic (exact) mass is 720 g/mol. The van der Waals surface area contributed by atoms with Crippen LogP contribution in [0.5, 0.6) is 23.0 Å². The average Bonchev–Trinajstić information content (AvgIpc) is 3.58. The molecule has 0 saturated carbocycles. The maximum absolute atomic E-state index is 14.2. The van der Waals surface area contributed by atoms with Gasteiger partial charge < -0.3 is 9.47 Å². The topological polar surface area (TPSA) is 93.2 Å². The van der Waals surface area contributed by atoms with Crippen LogP contribution in [0.1, 0.15) is 33.4 Å². The number of hydrogen-bond acceptors (Lipinski definition) is 6. The molecular formula is C38H26F6N2O6. The molecule has 0 aliphatic carbocycles. The summed E-state index contributed by atoms with van der Waals surface area (Å²) < 4.78 is 96.5. The number of alkyl halides is 6. The first-order valence-corrected chi connectivity index (χ1v) is 15.5. The molecule has 0 N–H and O–H groups in total. The standard InChI is InChI=1S/C38H26F6N2O6/c1-19-13-23(14-20(2)35(19)51-29-7-5-25(17-27(29)37(39,40)41)45-31(47)9-10-32(45)48)24-15-21(3)36(22(4)16-24)52-30-8-6-26(18-28(30)38(42,43)44)46-33(49)11-12-34(46)50/h5-18H,1-4H3. The molecule has 266 valence electrons. The molecule has 0 saturated heterocycles. The first kappa shape index (κ1) is 35.6. The second-order valence-corrected chi connectivity index (χ2v) is 12.1. The smallest absolute Gasteiger partial charge is 0.420 e. The van der Waals surface area contributed by atoms with Crippen molar-refractivity contribution in [2.75, 3.05) is 9.80 Å². The lowest BCUT2D eigenvalue weighted by molar-refractivity contribution is -0.139. The van der Waals surface area contributed by atoms with Crippen LogP contribution in [0.15, 0.2) is 85.0 Å². The molecule has 52 heavy (non-hydrogen) atoms. The number of nitrogens with zero attached hydrogens (tertiary/aromatic N) is 2. The summed E-state index contributed by atoms with van der Waals surface area (Å²) in [5, 5.41) is 0. The fourth-order valence-electron chi connectivity index (χ4n) is 6.02. The maximum Gasteiger partial charge on any atom is 0.420 e. The Balaban J connectivity index is 1.29. The highest BCUT2D eigenvalue weighted by molar-refractivity contribution is 6.28. The molecule has 0 unspecified atom stereocenters. The zero-order valence-electron chi connectivity index (χ0n) is 27.7. The number of amides is 4. The first-order valence-electron chi connectivity index (χ1n) is 15.5. The van der Waals surface area contributed by atoms with Crippen LogP contribution in [-0.4, -0.2) is 23.6 Å². The van der Waals surface area contributed by atoms with E-state index in [2.05, 4.69) is 0 Å². The van der Waals surface area contributed by atoms with Crippen molar-refractivity contribution in [3.8, 4) is 34.1 Å². The summed E-state index contributed by atoms with van der Waals surface area (Å²) in [6.45, 7) is 6.55. The minimum absolute atomic E-state index is 0.140. The van der Waals surface area contributed by atoms with Crippen LogP contribution >= 0.6 is 0 Å². The Hall–Kier alpha value is -6.18. The molecular weight excluding hydrogens is 694 g/mol. The predicted octanol–water partition coefficient (Wildman–Crippen LogP) is 9.07. The fraction of sp³-hybridized carbons (Fsp3) is 0.158. The van der Waals surface area contributed by atoms with Crippen molar-refractivity contribution in [2.45, 2.75) is 40.0 Å². The van der Waals surface area contributed by atoms with Gasteiger partial charge in [0.25, 0.3) is 23.6 Å². The van der Waals surface area contributed by atoms with Gasteiger partial charge in [-0.25, -0.2) is 9.80 Å². The van der Waals surface area contributed by atoms with Gasteiger partial charge in [0.15, 0.2) is 0 Å². The van der Waals surface area contributed by atoms with Gasteiger partial charge in [-0.3, -0.25) is 19.2 Å². The van der Waals surface area contributed by atoms with E-state index in [9.17, 15) is 45.5 Å². The van der Waals surface area contributed by atoms with Crippen LogP contribution in [0.2, 0.25) is 0 Å². The van der Waals surface area contributed by atoms with Gasteiger partial charge in [-0.1, -0.05) is 0 Å². The van der Waals surface area contributed by atoms with E-state index in [1.165, 1.54) is 12.1 Å². The summed E-state index contributed by atoms with van der Waals surface area (Å²) in [6.07, 6.45) is -5.94. The molecule has 2 aliphatic heterocycles. The van der Waals surface area contributed by atoms with E-state index in [4.69, 9.17) is 9.47 Å². The Kier molecular flexibility index (Phi) is 8.81. The van der Waals surface area contributed by atoms with Crippen LogP contribution < -0.4 is 19.3 Å². The van der Waals surface area contributed by atoms with E-state index in [1.807, 2.05) is 0 Å². The quantitative estimate of drug-likeness (QED) is 0.140. The van der Waals surface area contributed by atoms with Crippen LogP contribution in [0.25, 0.3) is 11.1 Å². The van der Waals surface area contributed by atoms with Gasteiger partial charge in [-0.15, -0.1) is 0 Å². The molecule has 0 aromatic heterocycles. The lowest BCUT2D eigenvalue weighted by Crippen LogP contribution is -2.29. The highest BCUT2D eigenvalue weighted by Gasteiger charge is 2.38. The van der Waals surface area contributed by atoms with Crippen LogP contribution in [0.4, 0.5) is 37.7 Å². The van der Waals surface area contributed by atoms with E-state index in [0.29, 0.717) is 55.3 Å². The Morgan fingerprint density at radius 1 is 0.462 bits per heavy atom. The number of rotatable bonds is 7. The van der Waals surface area contributed by atoms with Gasteiger partial charge in [0.05, 0.1) is 11.4 Å². The molecule has 0 atom stereocenters. The second kappa shape index (κ2) is 12.9. The molecule has 14 heteroatoms. The van der Waals surface area contributed by atoms with E-state index >= 15 is 0 Å². The molecule has 6 rings (SSSR count). The number of ether oxygens (including phenoxy) is 2. The van der Waals surface area contributed by atoms with Crippen molar-refractivity contribution in [3.63, 3.8) is 0 Å². The Bertz CT molecular complexity index is 2030. The maximum atomic E-state index is 14.2. The molecule has 2 heterocycles. The summed E-state index contributed by atoms with van der Waals surface area (Å²) in [6, 6.07) is 12.5. The van der Waals surface area contributed by atoms with Crippen molar-refractivity contribution in [1.29, 1.82) is 0 Å². The minimum atomic E-state index is -4.89. The number of anilines is 2. The number of aryl methyl sites for hydroxylation is 4. The number of imide groups is 2. The number of carbonyl (C=O) groups is 4. The minimum Gasteiger partial charge on any atom is -0.456 e. The van der Waals surface area contributed by atoms with Gasteiger partial charge >= 0.3 is 12.4 Å². The van der Waals surface area contributed by atoms with Crippen molar-refractivity contribution in [3.05, 3.63) is 118 Å². The highest BCUT2D eigenvalue weighted by Crippen LogP contribution is 2.45. The van der Waals surface area contributed by atoms with E-state index in [1.54, 1.807) is 52.0 Å². The van der Waals surface area contributed by atoms with Gasteiger partial charge in [0, 0.05) is 24.3 Å². The number of benzene rings is 4. The third kappa shape index (κ3) is 6.66. The number of carbonyl (C=O) groups excluding carboxylic acids is 4. The van der Waals surface area contributed by atoms with Gasteiger partial charge in [0.1, 0.15) is 34.1 Å². The SMILES string of the molecule is Cc1cc(-c2cc(C)c(Oc3ccc(N4C(=O)C=CC4=O)cc3C(F)(F)F)c(C)c2)cc(C)c1Oc1ccc(N2C(=O)C=CC2=O)cc1C(F)(F)F. The summed E-state index contributed by atoms with van der Waals surface area (Å²) in [4.78, 5) is 49.5. The molecule has 8 nitrogen and oxygen atoms in total. The zero-order chi connectivity index (χ0) is 37.9. The molecule has 2 aliphatic rings. The molecule has 4 amide bonds. The normalized spacial score (nSPS) is 14.7. The summed E-state index contributed by atoms with van der Waals surface area (Å²) >= 11 is 0. The van der Waals surface area contributed by atoms with Crippen LogP contribution in [0, 0.1) is 27.7 Å². The van der Waals surface area contributed by atoms with Gasteiger partial charge in [-0.05, 0) is 122 Å². The third-order valence-electron chi connectivity index (χ3n) is 8.35. The fourth-order valence-corrected chi connectivity index (χ4v) is 6.02. The van der Waals surface area contributed by atoms with Crippen LogP contribution in [-0.2, 0) is 31.5 Å². The van der Waals surface area contributed by atoms with Gasteiger partial charge in [0.2, 0.25) is 0 Å². The van der Waals surface area contributed by atoms with Crippen molar-refractivity contribution < 1.29 is 55.0 Å². The second-order valence-electron chi connectivity index (χ2n) is 12.1. The predicted molar refractivity (Wildman–Crippen MR) is 177 cm³/mol. The Labute approximate surface area is 292 Å². The highest BCUT2D eigenvalue weighted by atomic mass is 19.4. The number of halogens is 6. The summed E-state index contributed by atoms with van der Waals surface area (Å²) in [5.74, 6) is -3.89. The molecule has 0 spiro atoms. The summed E-state index contributed by atoms with van der Waals surface area (Å²) in [7, 11) is 0. The average molecular weight is 721 g/mol. The first-order chi connectivity index (χ1) is 24.3. The van der Waals surface area contributed by atoms with Crippen molar-refractivity contribution >= 4 is 35.0 Å². The Morgan fingerprint density at radius 3 is 1.02 bits per heavy atom. The van der Waals surface area contributed by atoms with E-state index in [-0.39, 0.29) is 22.9 Å². The largest absolute Gasteiger partial charge is 0.456 e. The molecule has 4 aromatic rings. The lowest BCUT2D eigenvalue weighted by atomic mass is 9.96. The molecule has 0 fully saturated rings. The van der Waals surface area contributed by atoms with Gasteiger partial charge in [-0.2, -0.15) is 26.3 Å². The summed E-state index contributed by atoms with van der Waals surface area (Å²) in [5.41, 5.74) is 0.240. The molecule has 0 bridgehead atoms. The third-order valence-corrected chi connectivity index (χ3v) is 8.35. The van der Waals surface area contributed by atoms with Crippen LogP contribution in [0.3, 0.4) is 0 Å². The lowest BCUT2D eigenvalue weighted by Gasteiger charge is -2.21. The van der Waals surface area contributed by atoms with E-state index in [0.717, 1.165) is 36.4 Å². The molecule has 0 radical (unpaired) electrons. The Morgan fingerprint density at radius 2 is 0.750 bits per heavy atom. The van der Waals surface area contributed by atoms with Crippen molar-refractivity contribution in [2.24, 2.45) is 0 Å². The zero-order valence-corrected chi connectivity index (χ0v) is 27.7. The van der Waals surface area contributed by atoms with E-state index < -0.39 is 58.6 Å².